The van der Waals surface area contributed by atoms with Crippen molar-refractivity contribution in [2.75, 3.05) is 20.8 Å². The number of carbonyl (C=O) groups is 1. The van der Waals surface area contributed by atoms with Crippen LogP contribution in [-0.4, -0.2) is 26.7 Å². The molecule has 0 aliphatic rings. The van der Waals surface area contributed by atoms with Crippen LogP contribution < -0.4 is 14.8 Å². The van der Waals surface area contributed by atoms with Crippen molar-refractivity contribution in [3.63, 3.8) is 0 Å². The van der Waals surface area contributed by atoms with E-state index in [0.717, 1.165) is 18.4 Å². The Balaban J connectivity index is 1.94. The van der Waals surface area contributed by atoms with Gasteiger partial charge < -0.3 is 23.9 Å². The molecule has 0 unspecified atom stereocenters. The summed E-state index contributed by atoms with van der Waals surface area (Å²) < 4.78 is 21.5. The number of hydrogen-bond acceptors (Lipinski definition) is 5. The minimum atomic E-state index is -0.274. The Labute approximate surface area is 148 Å². The van der Waals surface area contributed by atoms with Gasteiger partial charge >= 0.3 is 0 Å². The van der Waals surface area contributed by atoms with E-state index in [2.05, 4.69) is 12.2 Å². The van der Waals surface area contributed by atoms with Gasteiger partial charge in [-0.1, -0.05) is 19.4 Å². The Morgan fingerprint density at radius 2 is 2.00 bits per heavy atom. The maximum atomic E-state index is 12.1. The van der Waals surface area contributed by atoms with Gasteiger partial charge in [-0.05, 0) is 36.2 Å². The summed E-state index contributed by atoms with van der Waals surface area (Å²) >= 11 is 0. The van der Waals surface area contributed by atoms with Gasteiger partial charge in [-0.25, -0.2) is 0 Å². The highest BCUT2D eigenvalue weighted by atomic mass is 16.5. The summed E-state index contributed by atoms with van der Waals surface area (Å²) in [6.07, 6.45) is 2.07. The average Bonchev–Trinajstić information content (AvgIpc) is 3.09. The third-order valence-corrected chi connectivity index (χ3v) is 3.61. The quantitative estimate of drug-likeness (QED) is 0.666. The molecule has 2 rings (SSSR count). The predicted molar refractivity (Wildman–Crippen MR) is 94.0 cm³/mol. The van der Waals surface area contributed by atoms with Crippen LogP contribution in [0, 0.1) is 0 Å². The number of hydrogen-bond donors (Lipinski definition) is 1. The van der Waals surface area contributed by atoms with Gasteiger partial charge in [-0.15, -0.1) is 0 Å². The Kier molecular flexibility index (Phi) is 7.35. The Bertz CT molecular complexity index is 680. The number of rotatable bonds is 10. The largest absolute Gasteiger partial charge is 0.493 e. The number of ether oxygens (including phenoxy) is 3. The summed E-state index contributed by atoms with van der Waals surface area (Å²) in [6, 6.07) is 8.99. The molecule has 0 aliphatic carbocycles. The molecule has 0 bridgehead atoms. The van der Waals surface area contributed by atoms with E-state index in [1.54, 1.807) is 26.4 Å². The SMILES string of the molecule is CCCCOc1ccc(CNC(=O)c2ccc(COC)o2)cc1OC. The lowest BCUT2D eigenvalue weighted by Gasteiger charge is -2.12. The lowest BCUT2D eigenvalue weighted by molar-refractivity contribution is 0.0914. The van der Waals surface area contributed by atoms with Crippen LogP contribution in [0.3, 0.4) is 0 Å². The van der Waals surface area contributed by atoms with Gasteiger partial charge in [0.15, 0.2) is 17.3 Å². The monoisotopic (exact) mass is 347 g/mol. The van der Waals surface area contributed by atoms with Crippen molar-refractivity contribution in [2.24, 2.45) is 0 Å². The molecule has 2 aromatic rings. The maximum absolute atomic E-state index is 12.1. The summed E-state index contributed by atoms with van der Waals surface area (Å²) in [5, 5.41) is 2.82. The molecule has 0 aliphatic heterocycles. The van der Waals surface area contributed by atoms with Gasteiger partial charge in [-0.2, -0.15) is 0 Å². The van der Waals surface area contributed by atoms with Gasteiger partial charge in [0.25, 0.3) is 5.91 Å². The second-order valence-corrected chi connectivity index (χ2v) is 5.57. The zero-order valence-corrected chi connectivity index (χ0v) is 15.0. The predicted octanol–water partition coefficient (Wildman–Crippen LogP) is 3.54. The van der Waals surface area contributed by atoms with Crippen LogP contribution in [-0.2, 0) is 17.9 Å². The number of furan rings is 1. The Morgan fingerprint density at radius 1 is 1.16 bits per heavy atom. The van der Waals surface area contributed by atoms with E-state index in [1.165, 1.54) is 0 Å². The minimum Gasteiger partial charge on any atom is -0.493 e. The molecule has 25 heavy (non-hydrogen) atoms. The Morgan fingerprint density at radius 3 is 2.72 bits per heavy atom. The second kappa shape index (κ2) is 9.74. The number of methoxy groups -OCH3 is 2. The average molecular weight is 347 g/mol. The molecule has 1 aromatic carbocycles. The van der Waals surface area contributed by atoms with E-state index in [0.29, 0.717) is 37.0 Å². The zero-order chi connectivity index (χ0) is 18.1. The van der Waals surface area contributed by atoms with Crippen molar-refractivity contribution in [2.45, 2.75) is 32.9 Å². The molecular weight excluding hydrogens is 322 g/mol. The maximum Gasteiger partial charge on any atom is 0.287 e. The van der Waals surface area contributed by atoms with Crippen LogP contribution in [0.15, 0.2) is 34.7 Å². The number of nitrogens with one attached hydrogen (secondary N) is 1. The van der Waals surface area contributed by atoms with Crippen LogP contribution in [0.4, 0.5) is 0 Å². The molecule has 1 heterocycles. The first-order valence-electron chi connectivity index (χ1n) is 8.33. The summed E-state index contributed by atoms with van der Waals surface area (Å²) in [7, 11) is 3.18. The van der Waals surface area contributed by atoms with E-state index in [-0.39, 0.29) is 11.7 Å². The molecule has 0 spiro atoms. The van der Waals surface area contributed by atoms with Crippen molar-refractivity contribution in [3.8, 4) is 11.5 Å². The fraction of sp³-hybridized carbons (Fsp3) is 0.421. The molecule has 1 amide bonds. The zero-order valence-electron chi connectivity index (χ0n) is 15.0. The molecule has 1 aromatic heterocycles. The molecule has 0 radical (unpaired) electrons. The van der Waals surface area contributed by atoms with Crippen LogP contribution in [0.25, 0.3) is 0 Å². The molecule has 0 fully saturated rings. The van der Waals surface area contributed by atoms with E-state index >= 15 is 0 Å². The summed E-state index contributed by atoms with van der Waals surface area (Å²) in [6.45, 7) is 3.48. The molecule has 0 saturated heterocycles. The van der Waals surface area contributed by atoms with Crippen LogP contribution in [0.2, 0.25) is 0 Å². The first-order valence-corrected chi connectivity index (χ1v) is 8.33. The first kappa shape index (κ1) is 18.9. The second-order valence-electron chi connectivity index (χ2n) is 5.57. The summed E-state index contributed by atoms with van der Waals surface area (Å²) in [5.74, 6) is 1.97. The highest BCUT2D eigenvalue weighted by molar-refractivity contribution is 5.91. The van der Waals surface area contributed by atoms with Gasteiger partial charge in [0.2, 0.25) is 0 Å². The third-order valence-electron chi connectivity index (χ3n) is 3.61. The molecule has 6 heteroatoms. The Hall–Kier alpha value is -2.47. The van der Waals surface area contributed by atoms with E-state index in [1.807, 2.05) is 18.2 Å². The molecule has 1 N–H and O–H groups in total. The van der Waals surface area contributed by atoms with Crippen LogP contribution in [0.1, 0.15) is 41.6 Å². The van der Waals surface area contributed by atoms with Crippen LogP contribution in [0.5, 0.6) is 11.5 Å². The van der Waals surface area contributed by atoms with E-state index < -0.39 is 0 Å². The van der Waals surface area contributed by atoms with Crippen molar-refractivity contribution in [1.29, 1.82) is 0 Å². The van der Waals surface area contributed by atoms with Gasteiger partial charge in [0.05, 0.1) is 13.7 Å². The number of benzene rings is 1. The normalized spacial score (nSPS) is 10.5. The number of unbranched alkanes of at least 4 members (excludes halogenated alkanes) is 1. The summed E-state index contributed by atoms with van der Waals surface area (Å²) in [5.41, 5.74) is 0.914. The number of amides is 1. The highest BCUT2D eigenvalue weighted by Gasteiger charge is 2.12. The van der Waals surface area contributed by atoms with Gasteiger partial charge in [-0.3, -0.25) is 4.79 Å². The van der Waals surface area contributed by atoms with Crippen molar-refractivity contribution in [3.05, 3.63) is 47.4 Å². The first-order chi connectivity index (χ1) is 12.2. The van der Waals surface area contributed by atoms with Gasteiger partial charge in [0.1, 0.15) is 12.4 Å². The van der Waals surface area contributed by atoms with Crippen LogP contribution >= 0.6 is 0 Å². The van der Waals surface area contributed by atoms with Crippen molar-refractivity contribution >= 4 is 5.91 Å². The van der Waals surface area contributed by atoms with E-state index in [4.69, 9.17) is 18.6 Å². The molecule has 0 atom stereocenters. The fourth-order valence-corrected chi connectivity index (χ4v) is 2.26. The topological polar surface area (TPSA) is 69.9 Å². The standard InChI is InChI=1S/C19H25NO5/c1-4-5-10-24-16-8-6-14(11-18(16)23-3)12-20-19(21)17-9-7-15(25-17)13-22-2/h6-9,11H,4-5,10,12-13H2,1-3H3,(H,20,21). The van der Waals surface area contributed by atoms with Crippen molar-refractivity contribution < 1.29 is 23.4 Å². The molecule has 136 valence electrons. The fourth-order valence-electron chi connectivity index (χ4n) is 2.26. The highest BCUT2D eigenvalue weighted by Crippen LogP contribution is 2.28. The summed E-state index contributed by atoms with van der Waals surface area (Å²) in [4.78, 5) is 12.1. The van der Waals surface area contributed by atoms with Crippen molar-refractivity contribution in [1.82, 2.24) is 5.32 Å². The number of carbonyl (C=O) groups excluding carboxylic acids is 1. The molecule has 6 nitrogen and oxygen atoms in total. The van der Waals surface area contributed by atoms with E-state index in [9.17, 15) is 4.79 Å². The lowest BCUT2D eigenvalue weighted by atomic mass is 10.2. The molecular formula is C19H25NO5. The minimum absolute atomic E-state index is 0.263. The van der Waals surface area contributed by atoms with Gasteiger partial charge in [0, 0.05) is 13.7 Å². The molecule has 0 saturated carbocycles. The lowest BCUT2D eigenvalue weighted by Crippen LogP contribution is -2.22. The smallest absolute Gasteiger partial charge is 0.287 e. The third kappa shape index (κ3) is 5.53.